The van der Waals surface area contributed by atoms with Crippen molar-refractivity contribution in [2.24, 2.45) is 0 Å². The number of nitrogens with zero attached hydrogens (tertiary/aromatic N) is 2. The lowest BCUT2D eigenvalue weighted by Crippen LogP contribution is -2.46. The van der Waals surface area contributed by atoms with E-state index < -0.39 is 0 Å². The molecule has 0 spiro atoms. The number of piperazine rings is 1. The van der Waals surface area contributed by atoms with Crippen LogP contribution in [0, 0.1) is 6.07 Å². The number of hydrogen-bond donors (Lipinski definition) is 1. The minimum atomic E-state index is 0.272. The van der Waals surface area contributed by atoms with Crippen molar-refractivity contribution in [2.45, 2.75) is 6.54 Å². The molecule has 1 saturated heterocycles. The molecule has 0 aliphatic carbocycles. The third-order valence-corrected chi connectivity index (χ3v) is 3.07. The average Bonchev–Trinajstić information content (AvgIpc) is 2.33. The van der Waals surface area contributed by atoms with Crippen LogP contribution < -0.4 is 0 Å². The fraction of sp³-hybridized carbons (Fsp3) is 0.538. The Hall–Kier alpha value is -0.900. The molecule has 3 heteroatoms. The van der Waals surface area contributed by atoms with Gasteiger partial charge in [0.1, 0.15) is 0 Å². The van der Waals surface area contributed by atoms with E-state index in [2.05, 4.69) is 28.0 Å². The fourth-order valence-corrected chi connectivity index (χ4v) is 2.10. The predicted molar refractivity (Wildman–Crippen MR) is 64.1 cm³/mol. The van der Waals surface area contributed by atoms with Crippen molar-refractivity contribution in [1.82, 2.24) is 9.80 Å². The summed E-state index contributed by atoms with van der Waals surface area (Å²) in [6.07, 6.45) is 0. The number of hydrogen-bond acceptors (Lipinski definition) is 3. The molecule has 1 fully saturated rings. The quantitative estimate of drug-likeness (QED) is 0.803. The molecule has 0 amide bonds. The van der Waals surface area contributed by atoms with E-state index in [1.165, 1.54) is 5.56 Å². The lowest BCUT2D eigenvalue weighted by Gasteiger charge is -2.34. The van der Waals surface area contributed by atoms with Gasteiger partial charge in [0, 0.05) is 39.3 Å². The summed E-state index contributed by atoms with van der Waals surface area (Å²) in [6.45, 7) is 6.44. The van der Waals surface area contributed by atoms with E-state index >= 15 is 0 Å². The highest BCUT2D eigenvalue weighted by molar-refractivity contribution is 5.13. The zero-order valence-corrected chi connectivity index (χ0v) is 9.60. The summed E-state index contributed by atoms with van der Waals surface area (Å²) in [5, 5.41) is 8.86. The Balaban J connectivity index is 1.77. The van der Waals surface area contributed by atoms with Gasteiger partial charge in [-0.25, -0.2) is 0 Å². The van der Waals surface area contributed by atoms with Crippen LogP contribution in [0.3, 0.4) is 0 Å². The minimum absolute atomic E-state index is 0.272. The summed E-state index contributed by atoms with van der Waals surface area (Å²) in [5.74, 6) is 0. The van der Waals surface area contributed by atoms with Gasteiger partial charge in [-0.2, -0.15) is 0 Å². The highest BCUT2D eigenvalue weighted by Crippen LogP contribution is 2.07. The predicted octanol–water partition coefficient (Wildman–Crippen LogP) is 0.597. The van der Waals surface area contributed by atoms with Crippen LogP contribution in [0.4, 0.5) is 0 Å². The van der Waals surface area contributed by atoms with E-state index in [9.17, 15) is 0 Å². The number of rotatable bonds is 4. The average molecular weight is 219 g/mol. The molecule has 16 heavy (non-hydrogen) atoms. The van der Waals surface area contributed by atoms with Crippen molar-refractivity contribution < 1.29 is 5.11 Å². The SMILES string of the molecule is OCCN1CCN(Cc2cc[c]cc2)CC1. The molecule has 1 radical (unpaired) electrons. The van der Waals surface area contributed by atoms with E-state index in [0.29, 0.717) is 0 Å². The second-order valence-corrected chi connectivity index (χ2v) is 4.25. The Kier molecular flexibility index (Phi) is 4.34. The van der Waals surface area contributed by atoms with Gasteiger partial charge in [0.05, 0.1) is 6.61 Å². The lowest BCUT2D eigenvalue weighted by atomic mass is 10.2. The largest absolute Gasteiger partial charge is 0.395 e. The number of aliphatic hydroxyl groups is 1. The summed E-state index contributed by atoms with van der Waals surface area (Å²) in [6, 6.07) is 11.2. The second-order valence-electron chi connectivity index (χ2n) is 4.25. The molecule has 1 N–H and O–H groups in total. The molecule has 0 saturated carbocycles. The molecule has 1 aromatic rings. The first-order chi connectivity index (χ1) is 7.88. The topological polar surface area (TPSA) is 26.7 Å². The van der Waals surface area contributed by atoms with E-state index in [4.69, 9.17) is 5.11 Å². The van der Waals surface area contributed by atoms with Crippen LogP contribution in [-0.4, -0.2) is 54.2 Å². The van der Waals surface area contributed by atoms with Gasteiger partial charge in [-0.3, -0.25) is 9.80 Å². The van der Waals surface area contributed by atoms with E-state index in [1.54, 1.807) is 0 Å². The molecule has 0 atom stereocenters. The summed E-state index contributed by atoms with van der Waals surface area (Å²) in [7, 11) is 0. The van der Waals surface area contributed by atoms with Crippen LogP contribution in [0.15, 0.2) is 24.3 Å². The number of β-amino-alcohol motifs (C(OH)–C–C–N with tert-alkyl or cyclic N) is 1. The molecule has 1 aromatic carbocycles. The first kappa shape index (κ1) is 11.6. The van der Waals surface area contributed by atoms with Gasteiger partial charge in [-0.1, -0.05) is 24.3 Å². The van der Waals surface area contributed by atoms with Gasteiger partial charge >= 0.3 is 0 Å². The zero-order valence-electron chi connectivity index (χ0n) is 9.60. The summed E-state index contributed by atoms with van der Waals surface area (Å²) >= 11 is 0. The number of aliphatic hydroxyl groups excluding tert-OH is 1. The van der Waals surface area contributed by atoms with Crippen LogP contribution in [0.25, 0.3) is 0 Å². The normalized spacial score (nSPS) is 18.8. The molecule has 0 unspecified atom stereocenters. The van der Waals surface area contributed by atoms with E-state index in [1.807, 2.05) is 12.1 Å². The summed E-state index contributed by atoms with van der Waals surface area (Å²) in [5.41, 5.74) is 1.36. The maximum absolute atomic E-state index is 8.86. The first-order valence-corrected chi connectivity index (χ1v) is 5.89. The maximum atomic E-state index is 8.86. The maximum Gasteiger partial charge on any atom is 0.0558 e. The summed E-state index contributed by atoms with van der Waals surface area (Å²) in [4.78, 5) is 4.78. The molecule has 1 heterocycles. The van der Waals surface area contributed by atoms with Gasteiger partial charge < -0.3 is 5.11 Å². The minimum Gasteiger partial charge on any atom is -0.395 e. The van der Waals surface area contributed by atoms with E-state index in [-0.39, 0.29) is 6.61 Å². The van der Waals surface area contributed by atoms with Crippen LogP contribution in [0.2, 0.25) is 0 Å². The Bertz CT molecular complexity index is 294. The van der Waals surface area contributed by atoms with Gasteiger partial charge in [0.2, 0.25) is 0 Å². The molecule has 3 nitrogen and oxygen atoms in total. The highest BCUT2D eigenvalue weighted by atomic mass is 16.3. The van der Waals surface area contributed by atoms with Crippen LogP contribution in [0.5, 0.6) is 0 Å². The molecule has 1 aliphatic rings. The van der Waals surface area contributed by atoms with E-state index in [0.717, 1.165) is 39.3 Å². The van der Waals surface area contributed by atoms with Crippen LogP contribution >= 0.6 is 0 Å². The van der Waals surface area contributed by atoms with Crippen LogP contribution in [-0.2, 0) is 6.54 Å². The van der Waals surface area contributed by atoms with Gasteiger partial charge in [-0.15, -0.1) is 0 Å². The monoisotopic (exact) mass is 219 g/mol. The lowest BCUT2D eigenvalue weighted by molar-refractivity contribution is 0.108. The molecular formula is C13H19N2O. The third kappa shape index (κ3) is 3.30. The highest BCUT2D eigenvalue weighted by Gasteiger charge is 2.15. The van der Waals surface area contributed by atoms with Crippen molar-refractivity contribution >= 4 is 0 Å². The Morgan fingerprint density at radius 1 is 1.06 bits per heavy atom. The van der Waals surface area contributed by atoms with Gasteiger partial charge in [-0.05, 0) is 11.6 Å². The van der Waals surface area contributed by atoms with Crippen molar-refractivity contribution in [3.05, 3.63) is 35.9 Å². The molecule has 1 aliphatic heterocycles. The molecule has 0 bridgehead atoms. The van der Waals surface area contributed by atoms with Crippen LogP contribution in [0.1, 0.15) is 5.56 Å². The Labute approximate surface area is 97.3 Å². The Morgan fingerprint density at radius 2 is 1.69 bits per heavy atom. The summed E-state index contributed by atoms with van der Waals surface area (Å²) < 4.78 is 0. The molecule has 2 rings (SSSR count). The molecule has 87 valence electrons. The molecular weight excluding hydrogens is 200 g/mol. The van der Waals surface area contributed by atoms with Gasteiger partial charge in [0.25, 0.3) is 0 Å². The third-order valence-electron chi connectivity index (χ3n) is 3.07. The first-order valence-electron chi connectivity index (χ1n) is 5.89. The van der Waals surface area contributed by atoms with Crippen molar-refractivity contribution in [2.75, 3.05) is 39.3 Å². The number of benzene rings is 1. The van der Waals surface area contributed by atoms with Crippen molar-refractivity contribution in [3.63, 3.8) is 0 Å². The second kappa shape index (κ2) is 5.99. The fourth-order valence-electron chi connectivity index (χ4n) is 2.10. The zero-order chi connectivity index (χ0) is 11.2. The smallest absolute Gasteiger partial charge is 0.0558 e. The van der Waals surface area contributed by atoms with Crippen molar-refractivity contribution in [3.8, 4) is 0 Å². The molecule has 0 aromatic heterocycles. The van der Waals surface area contributed by atoms with Gasteiger partial charge in [0.15, 0.2) is 0 Å². The standard InChI is InChI=1S/C13H19N2O/c16-11-10-14-6-8-15(9-7-14)12-13-4-2-1-3-5-13/h2-5,16H,6-12H2. The Morgan fingerprint density at radius 3 is 2.31 bits per heavy atom. The van der Waals surface area contributed by atoms with Crippen molar-refractivity contribution in [1.29, 1.82) is 0 Å².